The highest BCUT2D eigenvalue weighted by atomic mass is 32.1. The van der Waals surface area contributed by atoms with Gasteiger partial charge in [-0.2, -0.15) is 0 Å². The molecule has 2 heterocycles. The van der Waals surface area contributed by atoms with Crippen LogP contribution in [0.4, 0.5) is 11.4 Å². The molecule has 1 atom stereocenters. The van der Waals surface area contributed by atoms with Gasteiger partial charge in [-0.25, -0.2) is 9.78 Å². The Bertz CT molecular complexity index is 1560. The molecule has 0 radical (unpaired) electrons. The summed E-state index contributed by atoms with van der Waals surface area (Å²) in [5.41, 5.74) is 3.76. The van der Waals surface area contributed by atoms with Crippen LogP contribution in [0.2, 0.25) is 0 Å². The molecule has 0 aliphatic rings. The van der Waals surface area contributed by atoms with Crippen LogP contribution in [0.1, 0.15) is 27.0 Å². The number of amides is 2. The lowest BCUT2D eigenvalue weighted by Crippen LogP contribution is -2.30. The number of H-pyrrole nitrogens is 1. The first-order chi connectivity index (χ1) is 18.0. The average molecular weight is 511 g/mol. The van der Waals surface area contributed by atoms with Crippen LogP contribution in [0.5, 0.6) is 0 Å². The normalized spacial score (nSPS) is 11.6. The first kappa shape index (κ1) is 24.0. The van der Waals surface area contributed by atoms with Crippen LogP contribution < -0.4 is 10.6 Å². The number of thiophene rings is 1. The molecule has 0 spiro atoms. The second kappa shape index (κ2) is 10.5. The summed E-state index contributed by atoms with van der Waals surface area (Å²) in [4.78, 5) is 45.8. The molecule has 2 amide bonds. The number of aromatic nitrogens is 2. The highest BCUT2D eigenvalue weighted by Crippen LogP contribution is 2.22. The fourth-order valence-corrected chi connectivity index (χ4v) is 4.25. The SMILES string of the molecule is CC(OC(=O)c1ccc2nc(-c3ccccc3)[nH]c2c1)C(=O)Nc1ccc(NC(=O)c2cccs2)cc1. The van der Waals surface area contributed by atoms with Crippen molar-refractivity contribution in [3.05, 3.63) is 101 Å². The number of nitrogens with one attached hydrogen (secondary N) is 3. The van der Waals surface area contributed by atoms with Crippen LogP contribution in [0.3, 0.4) is 0 Å². The summed E-state index contributed by atoms with van der Waals surface area (Å²) >= 11 is 1.35. The molecule has 9 heteroatoms. The number of aromatic amines is 1. The molecule has 0 aliphatic heterocycles. The van der Waals surface area contributed by atoms with E-state index in [1.165, 1.54) is 18.3 Å². The van der Waals surface area contributed by atoms with Gasteiger partial charge in [-0.05, 0) is 60.8 Å². The van der Waals surface area contributed by atoms with E-state index in [2.05, 4.69) is 20.6 Å². The maximum Gasteiger partial charge on any atom is 0.338 e. The first-order valence-electron chi connectivity index (χ1n) is 11.5. The molecule has 0 fully saturated rings. The standard InChI is InChI=1S/C28H22N4O4S/c1-17(26(33)29-20-10-12-21(13-11-20)30-27(34)24-8-5-15-37-24)36-28(35)19-9-14-22-23(16-19)32-25(31-22)18-6-3-2-4-7-18/h2-17H,1H3,(H,29,33)(H,30,34)(H,31,32). The Morgan fingerprint density at radius 1 is 0.892 bits per heavy atom. The van der Waals surface area contributed by atoms with Gasteiger partial charge in [-0.3, -0.25) is 9.59 Å². The Hall–Kier alpha value is -4.76. The lowest BCUT2D eigenvalue weighted by Gasteiger charge is -2.14. The molecule has 0 saturated heterocycles. The van der Waals surface area contributed by atoms with Gasteiger partial charge < -0.3 is 20.4 Å². The number of fused-ring (bicyclic) bond motifs is 1. The van der Waals surface area contributed by atoms with Crippen molar-refractivity contribution in [3.63, 3.8) is 0 Å². The van der Waals surface area contributed by atoms with Gasteiger partial charge in [0.1, 0.15) is 5.82 Å². The van der Waals surface area contributed by atoms with E-state index in [-0.39, 0.29) is 5.91 Å². The predicted octanol–water partition coefficient (Wildman–Crippen LogP) is 5.73. The smallest absolute Gasteiger partial charge is 0.338 e. The van der Waals surface area contributed by atoms with Crippen LogP contribution in [0, 0.1) is 0 Å². The van der Waals surface area contributed by atoms with Crippen molar-refractivity contribution in [2.45, 2.75) is 13.0 Å². The second-order valence-electron chi connectivity index (χ2n) is 8.23. The van der Waals surface area contributed by atoms with Crippen molar-refractivity contribution in [2.24, 2.45) is 0 Å². The lowest BCUT2D eigenvalue weighted by molar-refractivity contribution is -0.123. The summed E-state index contributed by atoms with van der Waals surface area (Å²) in [6.45, 7) is 1.51. The fraction of sp³-hybridized carbons (Fsp3) is 0.0714. The molecule has 0 aliphatic carbocycles. The minimum Gasteiger partial charge on any atom is -0.449 e. The van der Waals surface area contributed by atoms with Crippen LogP contribution in [0.25, 0.3) is 22.4 Å². The topological polar surface area (TPSA) is 113 Å². The molecule has 5 aromatic rings. The van der Waals surface area contributed by atoms with Crippen molar-refractivity contribution < 1.29 is 19.1 Å². The van der Waals surface area contributed by atoms with Gasteiger partial charge in [-0.1, -0.05) is 36.4 Å². The zero-order chi connectivity index (χ0) is 25.8. The molecule has 0 saturated carbocycles. The molecule has 5 rings (SSSR count). The minimum absolute atomic E-state index is 0.197. The molecule has 37 heavy (non-hydrogen) atoms. The fourth-order valence-electron chi connectivity index (χ4n) is 3.63. The van der Waals surface area contributed by atoms with E-state index < -0.39 is 18.0 Å². The van der Waals surface area contributed by atoms with Crippen LogP contribution in [-0.2, 0) is 9.53 Å². The van der Waals surface area contributed by atoms with E-state index in [1.54, 1.807) is 48.5 Å². The van der Waals surface area contributed by atoms with Crippen LogP contribution in [-0.4, -0.2) is 33.9 Å². The van der Waals surface area contributed by atoms with Crippen molar-refractivity contribution >= 4 is 51.5 Å². The molecule has 184 valence electrons. The molecule has 1 unspecified atom stereocenters. The Kier molecular flexibility index (Phi) is 6.78. The summed E-state index contributed by atoms with van der Waals surface area (Å²) in [5.74, 6) is -0.590. The van der Waals surface area contributed by atoms with Gasteiger partial charge in [0.15, 0.2) is 6.10 Å². The number of ether oxygens (including phenoxy) is 1. The number of benzene rings is 3. The van der Waals surface area contributed by atoms with Gasteiger partial charge in [0.05, 0.1) is 21.5 Å². The summed E-state index contributed by atoms with van der Waals surface area (Å²) in [7, 11) is 0. The maximum absolute atomic E-state index is 12.7. The van der Waals surface area contributed by atoms with Crippen molar-refractivity contribution in [1.82, 2.24) is 9.97 Å². The van der Waals surface area contributed by atoms with Gasteiger partial charge in [0.2, 0.25) is 0 Å². The molecule has 3 aromatic carbocycles. The number of nitrogens with zero attached hydrogens (tertiary/aromatic N) is 1. The number of carbonyl (C=O) groups excluding carboxylic acids is 3. The van der Waals surface area contributed by atoms with E-state index in [9.17, 15) is 14.4 Å². The first-order valence-corrected chi connectivity index (χ1v) is 12.4. The molecular formula is C28H22N4O4S. The van der Waals surface area contributed by atoms with E-state index in [0.717, 1.165) is 11.1 Å². The number of anilines is 2. The van der Waals surface area contributed by atoms with Gasteiger partial charge >= 0.3 is 5.97 Å². The monoisotopic (exact) mass is 510 g/mol. The largest absolute Gasteiger partial charge is 0.449 e. The zero-order valence-electron chi connectivity index (χ0n) is 19.7. The van der Waals surface area contributed by atoms with Gasteiger partial charge in [0, 0.05) is 16.9 Å². The van der Waals surface area contributed by atoms with Crippen LogP contribution >= 0.6 is 11.3 Å². The highest BCUT2D eigenvalue weighted by Gasteiger charge is 2.20. The predicted molar refractivity (Wildman–Crippen MR) is 144 cm³/mol. The number of hydrogen-bond donors (Lipinski definition) is 3. The third-order valence-corrected chi connectivity index (χ3v) is 6.44. The summed E-state index contributed by atoms with van der Waals surface area (Å²) in [6, 6.07) is 24.9. The van der Waals surface area contributed by atoms with E-state index in [1.807, 2.05) is 41.8 Å². The van der Waals surface area contributed by atoms with E-state index >= 15 is 0 Å². The third kappa shape index (κ3) is 5.57. The Labute approximate surface area is 216 Å². The highest BCUT2D eigenvalue weighted by molar-refractivity contribution is 7.12. The Morgan fingerprint density at radius 2 is 1.62 bits per heavy atom. The number of esters is 1. The number of hydrogen-bond acceptors (Lipinski definition) is 6. The molecule has 0 bridgehead atoms. The van der Waals surface area contributed by atoms with Crippen molar-refractivity contribution in [2.75, 3.05) is 10.6 Å². The van der Waals surface area contributed by atoms with Crippen molar-refractivity contribution in [1.29, 1.82) is 0 Å². The Morgan fingerprint density at radius 3 is 2.32 bits per heavy atom. The number of rotatable bonds is 7. The summed E-state index contributed by atoms with van der Waals surface area (Å²) < 4.78 is 5.39. The van der Waals surface area contributed by atoms with E-state index in [4.69, 9.17) is 4.74 Å². The zero-order valence-corrected chi connectivity index (χ0v) is 20.5. The quantitative estimate of drug-likeness (QED) is 0.242. The summed E-state index contributed by atoms with van der Waals surface area (Å²) in [5, 5.41) is 7.34. The molecule has 8 nitrogen and oxygen atoms in total. The average Bonchev–Trinajstić information content (AvgIpc) is 3.60. The van der Waals surface area contributed by atoms with Gasteiger partial charge in [-0.15, -0.1) is 11.3 Å². The van der Waals surface area contributed by atoms with E-state index in [0.29, 0.717) is 33.2 Å². The lowest BCUT2D eigenvalue weighted by atomic mass is 10.2. The second-order valence-corrected chi connectivity index (χ2v) is 9.18. The molecule has 3 N–H and O–H groups in total. The number of imidazole rings is 1. The number of carbonyl (C=O) groups is 3. The van der Waals surface area contributed by atoms with Gasteiger partial charge in [0.25, 0.3) is 11.8 Å². The Balaban J connectivity index is 1.19. The molecule has 2 aromatic heterocycles. The maximum atomic E-state index is 12.7. The molecular weight excluding hydrogens is 488 g/mol. The van der Waals surface area contributed by atoms with Crippen LogP contribution in [0.15, 0.2) is 90.3 Å². The minimum atomic E-state index is -1.02. The third-order valence-electron chi connectivity index (χ3n) is 5.57. The van der Waals surface area contributed by atoms with Crippen molar-refractivity contribution in [3.8, 4) is 11.4 Å². The summed E-state index contributed by atoms with van der Waals surface area (Å²) in [6.07, 6.45) is -1.02.